The fourth-order valence-electron chi connectivity index (χ4n) is 2.36. The van der Waals surface area contributed by atoms with E-state index < -0.39 is 5.60 Å². The van der Waals surface area contributed by atoms with E-state index in [1.54, 1.807) is 6.20 Å². The largest absolute Gasteiger partial charge is 0.444 e. The summed E-state index contributed by atoms with van der Waals surface area (Å²) in [5.41, 5.74) is 0.764. The van der Waals surface area contributed by atoms with E-state index in [4.69, 9.17) is 4.74 Å². The van der Waals surface area contributed by atoms with Crippen molar-refractivity contribution in [3.63, 3.8) is 0 Å². The zero-order valence-electron chi connectivity index (χ0n) is 12.0. The molecule has 0 bridgehead atoms. The maximum atomic E-state index is 11.9. The number of piperidine rings is 1. The molecule has 1 N–H and O–H groups in total. The predicted molar refractivity (Wildman–Crippen MR) is 72.8 cm³/mol. The van der Waals surface area contributed by atoms with Crippen molar-refractivity contribution in [3.8, 4) is 0 Å². The van der Waals surface area contributed by atoms with Gasteiger partial charge in [0.2, 0.25) is 0 Å². The van der Waals surface area contributed by atoms with Gasteiger partial charge in [-0.25, -0.2) is 4.79 Å². The number of carbonyl (C=O) groups excluding carboxylic acids is 1. The maximum Gasteiger partial charge on any atom is 0.410 e. The third-order valence-corrected chi connectivity index (χ3v) is 3.33. The minimum atomic E-state index is -0.413. The molecule has 2 rings (SSSR count). The summed E-state index contributed by atoms with van der Waals surface area (Å²) in [5.74, 6) is 0.624. The van der Waals surface area contributed by atoms with Gasteiger partial charge in [-0.3, -0.25) is 5.10 Å². The van der Waals surface area contributed by atoms with Crippen molar-refractivity contribution in [2.45, 2.75) is 45.6 Å². The molecule has 2 heterocycles. The fourth-order valence-corrected chi connectivity index (χ4v) is 2.36. The van der Waals surface area contributed by atoms with E-state index in [1.165, 1.54) is 5.69 Å². The van der Waals surface area contributed by atoms with E-state index in [-0.39, 0.29) is 6.09 Å². The first kappa shape index (κ1) is 13.9. The molecule has 1 fully saturated rings. The molecule has 0 atom stereocenters. The van der Waals surface area contributed by atoms with Crippen molar-refractivity contribution < 1.29 is 9.53 Å². The van der Waals surface area contributed by atoms with Crippen LogP contribution in [0.2, 0.25) is 0 Å². The number of likely N-dealkylation sites (tertiary alicyclic amines) is 1. The van der Waals surface area contributed by atoms with E-state index in [0.29, 0.717) is 5.92 Å². The van der Waals surface area contributed by atoms with Gasteiger partial charge in [0.25, 0.3) is 0 Å². The van der Waals surface area contributed by atoms with Gasteiger partial charge >= 0.3 is 6.09 Å². The molecule has 0 aromatic carbocycles. The molecule has 0 unspecified atom stereocenters. The molecule has 1 aromatic rings. The highest BCUT2D eigenvalue weighted by Crippen LogP contribution is 2.22. The molecule has 1 aromatic heterocycles. The normalized spacial score (nSPS) is 17.5. The Morgan fingerprint density at radius 3 is 2.68 bits per heavy atom. The van der Waals surface area contributed by atoms with Crippen LogP contribution in [0.4, 0.5) is 4.79 Å². The van der Waals surface area contributed by atoms with Crippen LogP contribution in [-0.4, -0.2) is 39.9 Å². The lowest BCUT2D eigenvalue weighted by atomic mass is 9.92. The van der Waals surface area contributed by atoms with E-state index in [1.807, 2.05) is 31.7 Å². The van der Waals surface area contributed by atoms with Gasteiger partial charge in [0.05, 0.1) is 0 Å². The summed E-state index contributed by atoms with van der Waals surface area (Å²) in [7, 11) is 0. The molecule has 0 radical (unpaired) electrons. The number of H-pyrrole nitrogens is 1. The van der Waals surface area contributed by atoms with Crippen LogP contribution in [0.5, 0.6) is 0 Å². The van der Waals surface area contributed by atoms with Crippen LogP contribution in [0.1, 0.15) is 39.3 Å². The molecule has 1 aliphatic rings. The molecular weight excluding hydrogens is 242 g/mol. The van der Waals surface area contributed by atoms with Crippen molar-refractivity contribution in [2.75, 3.05) is 13.1 Å². The topological polar surface area (TPSA) is 58.2 Å². The number of hydrogen-bond donors (Lipinski definition) is 1. The second-order valence-corrected chi connectivity index (χ2v) is 6.20. The average Bonchev–Trinajstić information content (AvgIpc) is 2.80. The number of aromatic amines is 1. The van der Waals surface area contributed by atoms with Gasteiger partial charge < -0.3 is 9.64 Å². The van der Waals surface area contributed by atoms with Crippen molar-refractivity contribution in [1.29, 1.82) is 0 Å². The summed E-state index contributed by atoms with van der Waals surface area (Å²) in [6.07, 6.45) is 4.66. The Labute approximate surface area is 114 Å². The molecule has 106 valence electrons. The minimum Gasteiger partial charge on any atom is -0.444 e. The van der Waals surface area contributed by atoms with Gasteiger partial charge in [-0.15, -0.1) is 0 Å². The van der Waals surface area contributed by atoms with Gasteiger partial charge in [0.15, 0.2) is 0 Å². The number of nitrogens with zero attached hydrogens (tertiary/aromatic N) is 2. The summed E-state index contributed by atoms with van der Waals surface area (Å²) < 4.78 is 5.39. The predicted octanol–water partition coefficient (Wildman–Crippen LogP) is 2.60. The van der Waals surface area contributed by atoms with Gasteiger partial charge in [-0.2, -0.15) is 5.10 Å². The van der Waals surface area contributed by atoms with Crippen LogP contribution in [0.3, 0.4) is 0 Å². The Bertz CT molecular complexity index is 401. The molecule has 0 spiro atoms. The highest BCUT2D eigenvalue weighted by atomic mass is 16.6. The summed E-state index contributed by atoms with van der Waals surface area (Å²) in [6, 6.07) is 2.01. The molecule has 19 heavy (non-hydrogen) atoms. The van der Waals surface area contributed by atoms with Crippen molar-refractivity contribution in [2.24, 2.45) is 5.92 Å². The molecule has 5 nitrogen and oxygen atoms in total. The fraction of sp³-hybridized carbons (Fsp3) is 0.714. The van der Waals surface area contributed by atoms with Crippen LogP contribution in [0.25, 0.3) is 0 Å². The standard InChI is InChI=1S/C14H23N3O2/c1-14(2,3)19-13(18)17-8-5-11(6-9-17)10-12-4-7-15-16-12/h4,7,11H,5-6,8-10H2,1-3H3,(H,15,16). The minimum absolute atomic E-state index is 0.188. The molecule has 0 aliphatic carbocycles. The summed E-state index contributed by atoms with van der Waals surface area (Å²) in [4.78, 5) is 13.7. The summed E-state index contributed by atoms with van der Waals surface area (Å²) in [5, 5.41) is 6.96. The molecule has 1 aliphatic heterocycles. The van der Waals surface area contributed by atoms with E-state index in [2.05, 4.69) is 10.2 Å². The highest BCUT2D eigenvalue weighted by Gasteiger charge is 2.26. The smallest absolute Gasteiger partial charge is 0.410 e. The monoisotopic (exact) mass is 265 g/mol. The number of rotatable bonds is 2. The quantitative estimate of drug-likeness (QED) is 0.894. The maximum absolute atomic E-state index is 11.9. The van der Waals surface area contributed by atoms with E-state index >= 15 is 0 Å². The summed E-state index contributed by atoms with van der Waals surface area (Å²) in [6.45, 7) is 7.27. The molecule has 0 saturated carbocycles. The van der Waals surface area contributed by atoms with Crippen molar-refractivity contribution >= 4 is 6.09 Å². The zero-order valence-corrected chi connectivity index (χ0v) is 12.0. The van der Waals surface area contributed by atoms with Gasteiger partial charge in [-0.05, 0) is 52.0 Å². The average molecular weight is 265 g/mol. The first-order chi connectivity index (χ1) is 8.94. The lowest BCUT2D eigenvalue weighted by Crippen LogP contribution is -2.42. The Hall–Kier alpha value is -1.52. The molecular formula is C14H23N3O2. The number of amides is 1. The van der Waals surface area contributed by atoms with Gasteiger partial charge in [0.1, 0.15) is 5.60 Å². The number of ether oxygens (including phenoxy) is 1. The number of nitrogens with one attached hydrogen (secondary N) is 1. The van der Waals surface area contributed by atoms with Crippen LogP contribution in [0.15, 0.2) is 12.3 Å². The molecule has 1 amide bonds. The van der Waals surface area contributed by atoms with E-state index in [9.17, 15) is 4.79 Å². The number of carbonyl (C=O) groups is 1. The van der Waals surface area contributed by atoms with Crippen molar-refractivity contribution in [1.82, 2.24) is 15.1 Å². The zero-order chi connectivity index (χ0) is 13.9. The first-order valence-electron chi connectivity index (χ1n) is 6.90. The summed E-state index contributed by atoms with van der Waals surface area (Å²) >= 11 is 0. The van der Waals surface area contributed by atoms with Crippen LogP contribution >= 0.6 is 0 Å². The van der Waals surface area contributed by atoms with E-state index in [0.717, 1.165) is 32.4 Å². The Morgan fingerprint density at radius 2 is 2.16 bits per heavy atom. The number of hydrogen-bond acceptors (Lipinski definition) is 3. The third kappa shape index (κ3) is 4.26. The lowest BCUT2D eigenvalue weighted by molar-refractivity contribution is 0.0184. The second kappa shape index (κ2) is 5.63. The van der Waals surface area contributed by atoms with Gasteiger partial charge in [0, 0.05) is 25.0 Å². The second-order valence-electron chi connectivity index (χ2n) is 6.20. The Morgan fingerprint density at radius 1 is 1.47 bits per heavy atom. The molecule has 1 saturated heterocycles. The van der Waals surface area contributed by atoms with Crippen LogP contribution < -0.4 is 0 Å². The number of aromatic nitrogens is 2. The van der Waals surface area contributed by atoms with Crippen LogP contribution in [0, 0.1) is 5.92 Å². The SMILES string of the molecule is CC(C)(C)OC(=O)N1CCC(Cc2ccn[nH]2)CC1. The third-order valence-electron chi connectivity index (χ3n) is 3.33. The Balaban J connectivity index is 1.77. The molecule has 5 heteroatoms. The highest BCUT2D eigenvalue weighted by molar-refractivity contribution is 5.68. The van der Waals surface area contributed by atoms with Crippen molar-refractivity contribution in [3.05, 3.63) is 18.0 Å². The Kier molecular flexibility index (Phi) is 4.12. The first-order valence-corrected chi connectivity index (χ1v) is 6.90. The lowest BCUT2D eigenvalue weighted by Gasteiger charge is -2.33. The van der Waals surface area contributed by atoms with Crippen LogP contribution in [-0.2, 0) is 11.2 Å². The van der Waals surface area contributed by atoms with Gasteiger partial charge in [-0.1, -0.05) is 0 Å².